The summed E-state index contributed by atoms with van der Waals surface area (Å²) in [6, 6.07) is 16.4. The maximum Gasteiger partial charge on any atom is 0.331 e. The number of esters is 1. The lowest BCUT2D eigenvalue weighted by molar-refractivity contribution is -0.144. The first-order valence-corrected chi connectivity index (χ1v) is 8.82. The Kier molecular flexibility index (Phi) is 6.11. The van der Waals surface area contributed by atoms with Crippen molar-refractivity contribution >= 4 is 28.9 Å². The fraction of sp³-hybridized carbons (Fsp3) is 0.182. The van der Waals surface area contributed by atoms with Crippen LogP contribution in [0.5, 0.6) is 5.75 Å². The van der Waals surface area contributed by atoms with E-state index in [1.807, 2.05) is 48.5 Å². The lowest BCUT2D eigenvalue weighted by atomic mass is 10.2. The van der Waals surface area contributed by atoms with E-state index in [0.717, 1.165) is 16.5 Å². The smallest absolute Gasteiger partial charge is 0.331 e. The molecule has 0 aliphatic rings. The number of amides is 1. The Bertz CT molecular complexity index is 972. The summed E-state index contributed by atoms with van der Waals surface area (Å²) in [5.74, 6) is 0.318. The first-order valence-electron chi connectivity index (χ1n) is 8.82. The molecular formula is C22H21NO5. The summed E-state index contributed by atoms with van der Waals surface area (Å²) in [4.78, 5) is 23.8. The first-order chi connectivity index (χ1) is 13.5. The van der Waals surface area contributed by atoms with Gasteiger partial charge in [0, 0.05) is 11.5 Å². The summed E-state index contributed by atoms with van der Waals surface area (Å²) in [7, 11) is 1.57. The van der Waals surface area contributed by atoms with Gasteiger partial charge in [-0.25, -0.2) is 4.79 Å². The summed E-state index contributed by atoms with van der Waals surface area (Å²) in [6.45, 7) is 1.44. The Hall–Kier alpha value is -3.54. The molecule has 1 amide bonds. The van der Waals surface area contributed by atoms with Crippen molar-refractivity contribution in [3.8, 4) is 5.75 Å². The van der Waals surface area contributed by atoms with Crippen molar-refractivity contribution in [1.29, 1.82) is 0 Å². The highest BCUT2D eigenvalue weighted by Gasteiger charge is 2.15. The molecule has 6 heteroatoms. The third-order valence-electron chi connectivity index (χ3n) is 4.10. The molecule has 0 bridgehead atoms. The number of furan rings is 1. The highest BCUT2D eigenvalue weighted by molar-refractivity contribution is 5.89. The molecule has 1 aromatic heterocycles. The molecule has 0 aliphatic carbocycles. The molecule has 1 N–H and O–H groups in total. The molecule has 1 atom stereocenters. The molecule has 0 spiro atoms. The zero-order valence-electron chi connectivity index (χ0n) is 15.7. The van der Waals surface area contributed by atoms with Crippen LogP contribution in [0.1, 0.15) is 24.3 Å². The van der Waals surface area contributed by atoms with Crippen LogP contribution in [0.3, 0.4) is 0 Å². The maximum absolute atomic E-state index is 12.0. The van der Waals surface area contributed by atoms with Crippen LogP contribution in [0, 0.1) is 0 Å². The van der Waals surface area contributed by atoms with E-state index in [1.54, 1.807) is 26.2 Å². The van der Waals surface area contributed by atoms with Gasteiger partial charge in [-0.15, -0.1) is 0 Å². The fourth-order valence-electron chi connectivity index (χ4n) is 2.66. The third-order valence-corrected chi connectivity index (χ3v) is 4.10. The van der Waals surface area contributed by atoms with Crippen LogP contribution in [0.15, 0.2) is 65.1 Å². The van der Waals surface area contributed by atoms with Crippen LogP contribution in [0.2, 0.25) is 0 Å². The second-order valence-electron chi connectivity index (χ2n) is 6.19. The lowest BCUT2D eigenvalue weighted by Crippen LogP contribution is -2.30. The van der Waals surface area contributed by atoms with Crippen molar-refractivity contribution in [2.24, 2.45) is 0 Å². The van der Waals surface area contributed by atoms with E-state index >= 15 is 0 Å². The number of ether oxygens (including phenoxy) is 2. The van der Waals surface area contributed by atoms with E-state index in [4.69, 9.17) is 13.9 Å². The number of hydrogen-bond donors (Lipinski definition) is 1. The number of benzene rings is 2. The second-order valence-corrected chi connectivity index (χ2v) is 6.19. The lowest BCUT2D eigenvalue weighted by Gasteiger charge is -2.11. The summed E-state index contributed by atoms with van der Waals surface area (Å²) in [5, 5.41) is 3.72. The van der Waals surface area contributed by atoms with E-state index in [-0.39, 0.29) is 12.6 Å². The molecule has 144 valence electrons. The highest BCUT2D eigenvalue weighted by Crippen LogP contribution is 2.23. The quantitative estimate of drug-likeness (QED) is 0.498. The molecular weight excluding hydrogens is 358 g/mol. The van der Waals surface area contributed by atoms with Crippen LogP contribution < -0.4 is 10.1 Å². The Morgan fingerprint density at radius 2 is 1.96 bits per heavy atom. The average Bonchev–Trinajstić information content (AvgIpc) is 3.15. The van der Waals surface area contributed by atoms with Gasteiger partial charge in [-0.2, -0.15) is 0 Å². The number of rotatable bonds is 7. The topological polar surface area (TPSA) is 77.8 Å². The largest absolute Gasteiger partial charge is 0.497 e. The molecule has 3 rings (SSSR count). The number of hydrogen-bond acceptors (Lipinski definition) is 5. The zero-order valence-corrected chi connectivity index (χ0v) is 15.7. The number of fused-ring (bicyclic) bond motifs is 1. The Labute approximate surface area is 162 Å². The van der Waals surface area contributed by atoms with Crippen LogP contribution in [0.25, 0.3) is 17.0 Å². The number of carbonyl (C=O) groups is 2. The molecule has 28 heavy (non-hydrogen) atoms. The summed E-state index contributed by atoms with van der Waals surface area (Å²) in [6.07, 6.45) is 2.87. The molecule has 6 nitrogen and oxygen atoms in total. The zero-order chi connectivity index (χ0) is 19.9. The number of para-hydroxylation sites is 1. The minimum atomic E-state index is -0.602. The Balaban J connectivity index is 1.49. The van der Waals surface area contributed by atoms with E-state index in [9.17, 15) is 9.59 Å². The van der Waals surface area contributed by atoms with Crippen molar-refractivity contribution in [2.75, 3.05) is 13.7 Å². The SMILES string of the molecule is COc1cccc(/C=C/C(=O)OCC(=O)N[C@@H](C)c2cc3ccccc3o2)c1. The second kappa shape index (κ2) is 8.90. The van der Waals surface area contributed by atoms with Gasteiger partial charge < -0.3 is 19.2 Å². The van der Waals surface area contributed by atoms with E-state index in [1.165, 1.54) is 6.08 Å². The number of methoxy groups -OCH3 is 1. The van der Waals surface area contributed by atoms with Crippen molar-refractivity contribution in [3.63, 3.8) is 0 Å². The van der Waals surface area contributed by atoms with Crippen molar-refractivity contribution in [3.05, 3.63) is 72.0 Å². The Morgan fingerprint density at radius 1 is 1.14 bits per heavy atom. The van der Waals surface area contributed by atoms with Gasteiger partial charge in [-0.3, -0.25) is 4.79 Å². The molecule has 0 radical (unpaired) electrons. The predicted octanol–water partition coefficient (Wildman–Crippen LogP) is 3.88. The first kappa shape index (κ1) is 19.2. The molecule has 0 aliphatic heterocycles. The van der Waals surface area contributed by atoms with Crippen molar-refractivity contribution in [2.45, 2.75) is 13.0 Å². The fourth-order valence-corrected chi connectivity index (χ4v) is 2.66. The molecule has 0 unspecified atom stereocenters. The van der Waals surface area contributed by atoms with Gasteiger partial charge in [-0.05, 0) is 42.8 Å². The summed E-state index contributed by atoms with van der Waals surface area (Å²) >= 11 is 0. The molecule has 3 aromatic rings. The highest BCUT2D eigenvalue weighted by atomic mass is 16.5. The van der Waals surface area contributed by atoms with Gasteiger partial charge in [0.1, 0.15) is 17.1 Å². The van der Waals surface area contributed by atoms with Crippen molar-refractivity contribution < 1.29 is 23.5 Å². The Morgan fingerprint density at radius 3 is 2.75 bits per heavy atom. The van der Waals surface area contributed by atoms with Gasteiger partial charge in [0.15, 0.2) is 6.61 Å². The number of carbonyl (C=O) groups excluding carboxylic acids is 2. The van der Waals surface area contributed by atoms with E-state index in [0.29, 0.717) is 11.5 Å². The maximum atomic E-state index is 12.0. The van der Waals surface area contributed by atoms with E-state index in [2.05, 4.69) is 5.32 Å². The number of nitrogens with one attached hydrogen (secondary N) is 1. The van der Waals surface area contributed by atoms with Crippen LogP contribution in [-0.4, -0.2) is 25.6 Å². The van der Waals surface area contributed by atoms with Gasteiger partial charge >= 0.3 is 5.97 Å². The van der Waals surface area contributed by atoms with Crippen molar-refractivity contribution in [1.82, 2.24) is 5.32 Å². The summed E-state index contributed by atoms with van der Waals surface area (Å²) in [5.41, 5.74) is 1.55. The molecule has 1 heterocycles. The van der Waals surface area contributed by atoms with Gasteiger partial charge in [0.2, 0.25) is 0 Å². The normalized spacial score (nSPS) is 12.1. The van der Waals surface area contributed by atoms with E-state index < -0.39 is 11.9 Å². The monoisotopic (exact) mass is 379 g/mol. The minimum Gasteiger partial charge on any atom is -0.497 e. The molecule has 0 fully saturated rings. The molecule has 0 saturated carbocycles. The molecule has 2 aromatic carbocycles. The predicted molar refractivity (Wildman–Crippen MR) is 106 cm³/mol. The van der Waals surface area contributed by atoms with Gasteiger partial charge in [0.25, 0.3) is 5.91 Å². The third kappa shape index (κ3) is 5.01. The summed E-state index contributed by atoms with van der Waals surface area (Å²) < 4.78 is 15.8. The van der Waals surface area contributed by atoms with Crippen LogP contribution in [-0.2, 0) is 14.3 Å². The van der Waals surface area contributed by atoms with Gasteiger partial charge in [-0.1, -0.05) is 30.3 Å². The van der Waals surface area contributed by atoms with Crippen LogP contribution in [0.4, 0.5) is 0 Å². The van der Waals surface area contributed by atoms with Crippen LogP contribution >= 0.6 is 0 Å². The average molecular weight is 379 g/mol. The molecule has 0 saturated heterocycles. The minimum absolute atomic E-state index is 0.342. The standard InChI is InChI=1S/C22H21NO5/c1-15(20-13-17-7-3-4-9-19(17)28-20)23-21(24)14-27-22(25)11-10-16-6-5-8-18(12-16)26-2/h3-13,15H,14H2,1-2H3,(H,23,24)/b11-10+/t15-/m0/s1. The van der Waals surface area contributed by atoms with Gasteiger partial charge in [0.05, 0.1) is 13.2 Å².